The topological polar surface area (TPSA) is 117 Å². The van der Waals surface area contributed by atoms with E-state index in [1.54, 1.807) is 24.3 Å². The Morgan fingerprint density at radius 1 is 1.25 bits per heavy atom. The molecule has 0 saturated carbocycles. The molecule has 0 aliphatic carbocycles. The molecule has 0 radical (unpaired) electrons. The van der Waals surface area contributed by atoms with Gasteiger partial charge in [-0.3, -0.25) is 4.79 Å². The molecule has 0 fully saturated rings. The predicted octanol–water partition coefficient (Wildman–Crippen LogP) is 2.67. The first-order valence-corrected chi connectivity index (χ1v) is 5.72. The van der Waals surface area contributed by atoms with Crippen LogP contribution in [0.3, 0.4) is 0 Å². The number of amides is 3. The first-order chi connectivity index (χ1) is 9.49. The minimum absolute atomic E-state index is 0.0918. The number of carbonyl (C=O) groups is 2. The van der Waals surface area contributed by atoms with Crippen LogP contribution in [0.5, 0.6) is 5.75 Å². The largest absolute Gasteiger partial charge is 0.505 e. The Kier molecular flexibility index (Phi) is 3.60. The van der Waals surface area contributed by atoms with Gasteiger partial charge in [-0.25, -0.2) is 4.79 Å². The van der Waals surface area contributed by atoms with Crippen molar-refractivity contribution in [3.8, 4) is 5.75 Å². The van der Waals surface area contributed by atoms with E-state index in [1.807, 2.05) is 0 Å². The summed E-state index contributed by atoms with van der Waals surface area (Å²) in [7, 11) is 0. The van der Waals surface area contributed by atoms with Crippen molar-refractivity contribution in [2.75, 3.05) is 5.32 Å². The number of hydrogen-bond acceptors (Lipinski definition) is 4. The number of hydrogen-bond donors (Lipinski definition) is 3. The number of rotatable bonds is 2. The lowest BCUT2D eigenvalue weighted by atomic mass is 10.1. The minimum Gasteiger partial charge on any atom is -0.505 e. The molecule has 3 amide bonds. The zero-order chi connectivity index (χ0) is 14.7. The SMILES string of the molecule is CC(=O)Nc1cccc2ccc(/N=N/C(N)=O)c(O)c12. The molecule has 0 spiro atoms. The van der Waals surface area contributed by atoms with Crippen molar-refractivity contribution >= 4 is 34.1 Å². The maximum atomic E-state index is 11.2. The van der Waals surface area contributed by atoms with E-state index in [1.165, 1.54) is 13.0 Å². The molecule has 0 heterocycles. The fourth-order valence-corrected chi connectivity index (χ4v) is 1.83. The monoisotopic (exact) mass is 272 g/mol. The normalized spacial score (nSPS) is 10.8. The summed E-state index contributed by atoms with van der Waals surface area (Å²) < 4.78 is 0. The van der Waals surface area contributed by atoms with Crippen LogP contribution in [0.1, 0.15) is 6.92 Å². The maximum absolute atomic E-state index is 11.2. The fraction of sp³-hybridized carbons (Fsp3) is 0.0769. The van der Waals surface area contributed by atoms with E-state index in [-0.39, 0.29) is 17.3 Å². The molecule has 102 valence electrons. The molecule has 2 rings (SSSR count). The average Bonchev–Trinajstić information content (AvgIpc) is 2.37. The average molecular weight is 272 g/mol. The molecule has 0 saturated heterocycles. The molecule has 0 unspecified atom stereocenters. The van der Waals surface area contributed by atoms with Crippen molar-refractivity contribution in [2.24, 2.45) is 16.0 Å². The molecule has 7 heteroatoms. The first kappa shape index (κ1) is 13.5. The summed E-state index contributed by atoms with van der Waals surface area (Å²) in [5.74, 6) is -0.446. The molecule has 2 aromatic rings. The number of urea groups is 1. The van der Waals surface area contributed by atoms with E-state index >= 15 is 0 Å². The van der Waals surface area contributed by atoms with Crippen molar-refractivity contribution in [1.82, 2.24) is 0 Å². The Morgan fingerprint density at radius 2 is 2.00 bits per heavy atom. The van der Waals surface area contributed by atoms with Crippen LogP contribution in [0.4, 0.5) is 16.2 Å². The lowest BCUT2D eigenvalue weighted by Gasteiger charge is -2.09. The summed E-state index contributed by atoms with van der Waals surface area (Å²) in [4.78, 5) is 21.8. The summed E-state index contributed by atoms with van der Waals surface area (Å²) in [6.07, 6.45) is 0. The number of phenols is 1. The van der Waals surface area contributed by atoms with Gasteiger partial charge in [0.05, 0.1) is 5.69 Å². The summed E-state index contributed by atoms with van der Waals surface area (Å²) in [6, 6.07) is 7.41. The smallest absolute Gasteiger partial charge is 0.356 e. The highest BCUT2D eigenvalue weighted by Crippen LogP contribution is 2.39. The van der Waals surface area contributed by atoms with E-state index in [2.05, 4.69) is 15.5 Å². The van der Waals surface area contributed by atoms with Gasteiger partial charge >= 0.3 is 6.03 Å². The van der Waals surface area contributed by atoms with Crippen molar-refractivity contribution < 1.29 is 14.7 Å². The summed E-state index contributed by atoms with van der Waals surface area (Å²) >= 11 is 0. The Hall–Kier alpha value is -2.96. The van der Waals surface area contributed by atoms with E-state index in [9.17, 15) is 14.7 Å². The van der Waals surface area contributed by atoms with Crippen LogP contribution in [-0.2, 0) is 4.79 Å². The Morgan fingerprint density at radius 3 is 2.65 bits per heavy atom. The molecular weight excluding hydrogens is 260 g/mol. The summed E-state index contributed by atoms with van der Waals surface area (Å²) in [6.45, 7) is 1.37. The van der Waals surface area contributed by atoms with Gasteiger partial charge in [0, 0.05) is 12.3 Å². The number of benzene rings is 2. The van der Waals surface area contributed by atoms with Gasteiger partial charge in [-0.15, -0.1) is 5.11 Å². The number of nitrogens with one attached hydrogen (secondary N) is 1. The van der Waals surface area contributed by atoms with Gasteiger partial charge in [0.1, 0.15) is 5.69 Å². The molecular formula is C13H12N4O3. The van der Waals surface area contributed by atoms with Crippen LogP contribution in [0, 0.1) is 0 Å². The van der Waals surface area contributed by atoms with Crippen molar-refractivity contribution in [3.05, 3.63) is 30.3 Å². The molecule has 0 aromatic heterocycles. The van der Waals surface area contributed by atoms with Crippen LogP contribution in [-0.4, -0.2) is 17.0 Å². The minimum atomic E-state index is -0.959. The number of aromatic hydroxyl groups is 1. The van der Waals surface area contributed by atoms with Crippen LogP contribution >= 0.6 is 0 Å². The molecule has 4 N–H and O–H groups in total. The number of carbonyl (C=O) groups excluding carboxylic acids is 2. The maximum Gasteiger partial charge on any atom is 0.356 e. The van der Waals surface area contributed by atoms with E-state index in [4.69, 9.17) is 5.73 Å². The highest BCUT2D eigenvalue weighted by Gasteiger charge is 2.11. The second-order valence-electron chi connectivity index (χ2n) is 4.06. The van der Waals surface area contributed by atoms with Gasteiger partial charge in [-0.2, -0.15) is 0 Å². The van der Waals surface area contributed by atoms with Crippen molar-refractivity contribution in [3.63, 3.8) is 0 Å². The number of nitrogens with zero attached hydrogens (tertiary/aromatic N) is 2. The highest BCUT2D eigenvalue weighted by atomic mass is 16.3. The second-order valence-corrected chi connectivity index (χ2v) is 4.06. The fourth-order valence-electron chi connectivity index (χ4n) is 1.83. The van der Waals surface area contributed by atoms with E-state index < -0.39 is 6.03 Å². The van der Waals surface area contributed by atoms with Gasteiger partial charge in [0.15, 0.2) is 5.75 Å². The van der Waals surface area contributed by atoms with E-state index in [0.29, 0.717) is 16.5 Å². The van der Waals surface area contributed by atoms with Crippen LogP contribution < -0.4 is 11.1 Å². The Balaban J connectivity index is 2.63. The van der Waals surface area contributed by atoms with Crippen molar-refractivity contribution in [2.45, 2.75) is 6.92 Å². The van der Waals surface area contributed by atoms with Gasteiger partial charge in [0.2, 0.25) is 5.91 Å². The second kappa shape index (κ2) is 5.35. The quantitative estimate of drug-likeness (QED) is 0.729. The lowest BCUT2D eigenvalue weighted by Crippen LogP contribution is -2.06. The summed E-state index contributed by atoms with van der Waals surface area (Å²) in [5, 5.41) is 20.7. The molecule has 0 atom stereocenters. The number of phenolic OH excluding ortho intramolecular Hbond substituents is 1. The third-order valence-corrected chi connectivity index (χ3v) is 2.56. The third-order valence-electron chi connectivity index (χ3n) is 2.56. The zero-order valence-corrected chi connectivity index (χ0v) is 10.6. The van der Waals surface area contributed by atoms with E-state index in [0.717, 1.165) is 0 Å². The lowest BCUT2D eigenvalue weighted by molar-refractivity contribution is -0.114. The van der Waals surface area contributed by atoms with Crippen LogP contribution in [0.2, 0.25) is 0 Å². The Labute approximate surface area is 114 Å². The van der Waals surface area contributed by atoms with Crippen LogP contribution in [0.25, 0.3) is 10.8 Å². The number of nitrogens with two attached hydrogens (primary N) is 1. The Bertz CT molecular complexity index is 725. The highest BCUT2D eigenvalue weighted by molar-refractivity contribution is 6.06. The van der Waals surface area contributed by atoms with Crippen LogP contribution in [0.15, 0.2) is 40.6 Å². The number of azo groups is 1. The van der Waals surface area contributed by atoms with Gasteiger partial charge in [0.25, 0.3) is 0 Å². The van der Waals surface area contributed by atoms with Gasteiger partial charge in [-0.1, -0.05) is 23.3 Å². The first-order valence-electron chi connectivity index (χ1n) is 5.72. The molecule has 0 aliphatic rings. The third kappa shape index (κ3) is 2.72. The van der Waals surface area contributed by atoms with Gasteiger partial charge < -0.3 is 16.2 Å². The number of primary amides is 1. The number of anilines is 1. The van der Waals surface area contributed by atoms with Gasteiger partial charge in [-0.05, 0) is 17.5 Å². The zero-order valence-electron chi connectivity index (χ0n) is 10.6. The van der Waals surface area contributed by atoms with Crippen molar-refractivity contribution in [1.29, 1.82) is 0 Å². The molecule has 7 nitrogen and oxygen atoms in total. The molecule has 2 aromatic carbocycles. The number of fused-ring (bicyclic) bond motifs is 1. The standard InChI is InChI=1S/C13H12N4O3/c1-7(18)15-9-4-2-3-8-5-6-10(12(19)11(8)9)16-17-13(14)20/h2-6,19H,1H3,(H2,14,20)(H,15,18)/b17-16+. The molecule has 0 aliphatic heterocycles. The summed E-state index contributed by atoms with van der Waals surface area (Å²) in [5.41, 5.74) is 5.40. The molecule has 20 heavy (non-hydrogen) atoms. The predicted molar refractivity (Wildman–Crippen MR) is 74.0 cm³/mol. The molecule has 0 bridgehead atoms.